The fourth-order valence-electron chi connectivity index (χ4n) is 3.32. The molecule has 148 valence electrons. The molecule has 0 aliphatic heterocycles. The number of nitrogens with zero attached hydrogens (tertiary/aromatic N) is 2. The predicted molar refractivity (Wildman–Crippen MR) is 104 cm³/mol. The number of nitrogens with two attached hydrogens (primary N) is 1. The number of rotatable bonds is 6. The van der Waals surface area contributed by atoms with E-state index in [0.29, 0.717) is 24.7 Å². The van der Waals surface area contributed by atoms with Gasteiger partial charge in [0.1, 0.15) is 5.54 Å². The third-order valence-corrected chi connectivity index (χ3v) is 5.43. The quantitative estimate of drug-likeness (QED) is 0.780. The maximum absolute atomic E-state index is 12.8. The van der Waals surface area contributed by atoms with Crippen molar-refractivity contribution in [3.05, 3.63) is 36.2 Å². The molecule has 2 aromatic rings. The van der Waals surface area contributed by atoms with Crippen molar-refractivity contribution in [3.63, 3.8) is 0 Å². The predicted octanol–water partition coefficient (Wildman–Crippen LogP) is 2.87. The second kappa shape index (κ2) is 7.96. The number of carbonyl (C=O) groups is 1. The Morgan fingerprint density at radius 2 is 2.07 bits per heavy atom. The van der Waals surface area contributed by atoms with Gasteiger partial charge in [0.15, 0.2) is 5.82 Å². The molecule has 27 heavy (non-hydrogen) atoms. The van der Waals surface area contributed by atoms with E-state index in [-0.39, 0.29) is 24.4 Å². The molecule has 3 rings (SSSR count). The average Bonchev–Trinajstić information content (AvgIpc) is 3.12. The van der Waals surface area contributed by atoms with Crippen LogP contribution in [0, 0.1) is 5.41 Å². The van der Waals surface area contributed by atoms with Crippen molar-refractivity contribution < 1.29 is 14.1 Å². The Bertz CT molecular complexity index is 780. The Balaban J connectivity index is 0.00000261. The first kappa shape index (κ1) is 21.3. The molecule has 1 saturated carbocycles. The Hall–Kier alpha value is -1.96. The Morgan fingerprint density at radius 1 is 1.41 bits per heavy atom. The number of halogens is 1. The van der Waals surface area contributed by atoms with E-state index < -0.39 is 17.0 Å². The highest BCUT2D eigenvalue weighted by molar-refractivity contribution is 5.89. The van der Waals surface area contributed by atoms with Gasteiger partial charge in [-0.3, -0.25) is 4.79 Å². The van der Waals surface area contributed by atoms with Crippen LogP contribution in [-0.2, 0) is 9.53 Å². The third-order valence-electron chi connectivity index (χ3n) is 5.43. The lowest BCUT2D eigenvalue weighted by atomic mass is 9.54. The molecule has 3 N–H and O–H groups in total. The second-order valence-electron chi connectivity index (χ2n) is 7.36. The average molecular weight is 395 g/mol. The van der Waals surface area contributed by atoms with Crippen molar-refractivity contribution in [2.24, 2.45) is 11.1 Å². The lowest BCUT2D eigenvalue weighted by Crippen LogP contribution is -2.75. The van der Waals surface area contributed by atoms with Crippen LogP contribution in [0.3, 0.4) is 0 Å². The van der Waals surface area contributed by atoms with E-state index in [0.717, 1.165) is 5.56 Å². The summed E-state index contributed by atoms with van der Waals surface area (Å²) in [6.07, 6.45) is 0.474. The van der Waals surface area contributed by atoms with Crippen LogP contribution in [0.25, 0.3) is 11.5 Å². The van der Waals surface area contributed by atoms with Crippen LogP contribution in [0.1, 0.15) is 46.0 Å². The van der Waals surface area contributed by atoms with Crippen LogP contribution in [-0.4, -0.2) is 34.3 Å². The molecular weight excluding hydrogens is 368 g/mol. The molecular formula is C19H27ClN4O3. The summed E-state index contributed by atoms with van der Waals surface area (Å²) in [6, 6.07) is 9.08. The van der Waals surface area contributed by atoms with E-state index in [1.54, 1.807) is 0 Å². The minimum Gasteiger partial charge on any atom is -0.378 e. The highest BCUT2D eigenvalue weighted by Crippen LogP contribution is 2.50. The SMILES string of the molecule is CCOC1CC(N)(C(=O)NC(C)c2noc(-c3ccccc3)n2)C1(C)C.Cl. The summed E-state index contributed by atoms with van der Waals surface area (Å²) in [5.74, 6) is 0.612. The summed E-state index contributed by atoms with van der Waals surface area (Å²) in [5, 5.41) is 6.90. The summed E-state index contributed by atoms with van der Waals surface area (Å²) >= 11 is 0. The van der Waals surface area contributed by atoms with Crippen molar-refractivity contribution >= 4 is 18.3 Å². The highest BCUT2D eigenvalue weighted by Gasteiger charge is 2.63. The maximum Gasteiger partial charge on any atom is 0.257 e. The second-order valence-corrected chi connectivity index (χ2v) is 7.36. The molecule has 1 fully saturated rings. The first-order valence-electron chi connectivity index (χ1n) is 8.90. The summed E-state index contributed by atoms with van der Waals surface area (Å²) in [4.78, 5) is 17.2. The van der Waals surface area contributed by atoms with Gasteiger partial charge < -0.3 is 20.3 Å². The van der Waals surface area contributed by atoms with Crippen molar-refractivity contribution in [3.8, 4) is 11.5 Å². The largest absolute Gasteiger partial charge is 0.378 e. The first-order chi connectivity index (χ1) is 12.3. The minimum absolute atomic E-state index is 0. The minimum atomic E-state index is -0.979. The van der Waals surface area contributed by atoms with Crippen LogP contribution >= 0.6 is 12.4 Å². The standard InChI is InChI=1S/C19H26N4O3.ClH/c1-5-25-14-11-19(20,18(14,3)4)17(24)21-12(2)15-22-16(26-23-15)13-9-7-6-8-10-13;/h6-10,12,14H,5,11,20H2,1-4H3,(H,21,24);1H. The lowest BCUT2D eigenvalue weighted by Gasteiger charge is -2.57. The van der Waals surface area contributed by atoms with Gasteiger partial charge in [-0.05, 0) is 26.0 Å². The smallest absolute Gasteiger partial charge is 0.257 e. The summed E-state index contributed by atoms with van der Waals surface area (Å²) in [6.45, 7) is 8.28. The van der Waals surface area contributed by atoms with Gasteiger partial charge in [-0.25, -0.2) is 0 Å². The molecule has 0 bridgehead atoms. The fraction of sp³-hybridized carbons (Fsp3) is 0.526. The van der Waals surface area contributed by atoms with Crippen molar-refractivity contribution in [2.45, 2.75) is 51.8 Å². The number of benzene rings is 1. The molecule has 1 aromatic heterocycles. The van der Waals surface area contributed by atoms with E-state index in [2.05, 4.69) is 15.5 Å². The van der Waals surface area contributed by atoms with Gasteiger partial charge in [0.2, 0.25) is 5.91 Å². The van der Waals surface area contributed by atoms with E-state index in [4.69, 9.17) is 15.0 Å². The molecule has 3 unspecified atom stereocenters. The van der Waals surface area contributed by atoms with Gasteiger partial charge in [-0.15, -0.1) is 12.4 Å². The topological polar surface area (TPSA) is 103 Å². The molecule has 0 radical (unpaired) electrons. The zero-order valence-corrected chi connectivity index (χ0v) is 16.9. The van der Waals surface area contributed by atoms with E-state index in [1.807, 2.05) is 58.0 Å². The fourth-order valence-corrected chi connectivity index (χ4v) is 3.32. The lowest BCUT2D eigenvalue weighted by molar-refractivity contribution is -0.171. The van der Waals surface area contributed by atoms with Crippen LogP contribution in [0.4, 0.5) is 0 Å². The van der Waals surface area contributed by atoms with E-state index in [1.165, 1.54) is 0 Å². The maximum atomic E-state index is 12.8. The van der Waals surface area contributed by atoms with Crippen molar-refractivity contribution in [1.82, 2.24) is 15.5 Å². The number of hydrogen-bond donors (Lipinski definition) is 2. The molecule has 3 atom stereocenters. The van der Waals surface area contributed by atoms with Gasteiger partial charge in [0.05, 0.1) is 12.1 Å². The van der Waals surface area contributed by atoms with Crippen LogP contribution in [0.15, 0.2) is 34.9 Å². The number of hydrogen-bond acceptors (Lipinski definition) is 6. The number of amides is 1. The van der Waals surface area contributed by atoms with Gasteiger partial charge in [0.25, 0.3) is 5.89 Å². The van der Waals surface area contributed by atoms with Crippen molar-refractivity contribution in [1.29, 1.82) is 0 Å². The van der Waals surface area contributed by atoms with Gasteiger partial charge >= 0.3 is 0 Å². The van der Waals surface area contributed by atoms with Gasteiger partial charge in [0, 0.05) is 24.0 Å². The summed E-state index contributed by atoms with van der Waals surface area (Å²) < 4.78 is 11.0. The zero-order valence-electron chi connectivity index (χ0n) is 16.1. The number of carbonyl (C=O) groups excluding carboxylic acids is 1. The Kier molecular flexibility index (Phi) is 6.29. The number of ether oxygens (including phenoxy) is 1. The number of aromatic nitrogens is 2. The Morgan fingerprint density at radius 3 is 2.67 bits per heavy atom. The Labute approximate surface area is 165 Å². The molecule has 0 spiro atoms. The molecule has 1 amide bonds. The monoisotopic (exact) mass is 394 g/mol. The molecule has 1 aliphatic rings. The molecule has 1 aliphatic carbocycles. The molecule has 8 heteroatoms. The van der Waals surface area contributed by atoms with E-state index >= 15 is 0 Å². The van der Waals surface area contributed by atoms with Gasteiger partial charge in [-0.2, -0.15) is 4.98 Å². The third kappa shape index (κ3) is 3.72. The molecule has 0 saturated heterocycles. The van der Waals surface area contributed by atoms with Crippen LogP contribution in [0.2, 0.25) is 0 Å². The van der Waals surface area contributed by atoms with Crippen molar-refractivity contribution in [2.75, 3.05) is 6.61 Å². The highest BCUT2D eigenvalue weighted by atomic mass is 35.5. The molecule has 7 nitrogen and oxygen atoms in total. The normalized spacial score (nSPS) is 24.4. The number of nitrogens with one attached hydrogen (secondary N) is 1. The molecule has 1 heterocycles. The van der Waals surface area contributed by atoms with E-state index in [9.17, 15) is 4.79 Å². The van der Waals surface area contributed by atoms with Crippen LogP contribution < -0.4 is 11.1 Å². The zero-order chi connectivity index (χ0) is 18.9. The van der Waals surface area contributed by atoms with Gasteiger partial charge in [-0.1, -0.05) is 37.2 Å². The molecule has 1 aromatic carbocycles. The first-order valence-corrected chi connectivity index (χ1v) is 8.90. The summed E-state index contributed by atoms with van der Waals surface area (Å²) in [7, 11) is 0. The van der Waals surface area contributed by atoms with Crippen LogP contribution in [0.5, 0.6) is 0 Å². The summed E-state index contributed by atoms with van der Waals surface area (Å²) in [5.41, 5.74) is 5.82.